The van der Waals surface area contributed by atoms with Crippen LogP contribution in [0, 0.1) is 6.92 Å². The standard InChI is InChI=1S/C27H37NO3/c1-19(2)31-24-12-10-22(11-13-24)25(21-8-6-20(3)7-9-21)14-15-26(29)28-23-16-17-30-27(4,5)18-23/h6-13,19,23,25H,14-18H2,1-5H3,(H,28,29). The van der Waals surface area contributed by atoms with Gasteiger partial charge in [-0.2, -0.15) is 0 Å². The Morgan fingerprint density at radius 2 is 1.71 bits per heavy atom. The van der Waals surface area contributed by atoms with Gasteiger partial charge in [-0.1, -0.05) is 42.0 Å². The number of carbonyl (C=O) groups is 1. The Morgan fingerprint density at radius 1 is 1.10 bits per heavy atom. The molecule has 1 amide bonds. The van der Waals surface area contributed by atoms with E-state index in [2.05, 4.69) is 62.5 Å². The van der Waals surface area contributed by atoms with Gasteiger partial charge in [-0.05, 0) is 77.1 Å². The molecule has 3 rings (SSSR count). The number of ether oxygens (including phenoxy) is 2. The highest BCUT2D eigenvalue weighted by atomic mass is 16.5. The van der Waals surface area contributed by atoms with Crippen LogP contribution in [0.3, 0.4) is 0 Å². The minimum Gasteiger partial charge on any atom is -0.491 e. The first-order chi connectivity index (χ1) is 14.7. The summed E-state index contributed by atoms with van der Waals surface area (Å²) in [7, 11) is 0. The largest absolute Gasteiger partial charge is 0.491 e. The zero-order chi connectivity index (χ0) is 22.4. The minimum absolute atomic E-state index is 0.125. The summed E-state index contributed by atoms with van der Waals surface area (Å²) in [5.74, 6) is 1.17. The second-order valence-corrected chi connectivity index (χ2v) is 9.60. The zero-order valence-corrected chi connectivity index (χ0v) is 19.6. The molecule has 2 aromatic rings. The van der Waals surface area contributed by atoms with Crippen LogP contribution < -0.4 is 10.1 Å². The summed E-state index contributed by atoms with van der Waals surface area (Å²) < 4.78 is 11.6. The molecule has 1 fully saturated rings. The summed E-state index contributed by atoms with van der Waals surface area (Å²) >= 11 is 0. The van der Waals surface area contributed by atoms with Crippen molar-refractivity contribution in [3.63, 3.8) is 0 Å². The van der Waals surface area contributed by atoms with Crippen molar-refractivity contribution in [1.82, 2.24) is 5.32 Å². The third kappa shape index (κ3) is 7.10. The molecule has 1 N–H and O–H groups in total. The Labute approximate surface area is 187 Å². The Bertz CT molecular complexity index is 840. The normalized spacial score (nSPS) is 19.1. The summed E-state index contributed by atoms with van der Waals surface area (Å²) in [4.78, 5) is 12.7. The zero-order valence-electron chi connectivity index (χ0n) is 19.6. The Kier molecular flexibility index (Phi) is 7.77. The number of amides is 1. The molecule has 0 aromatic heterocycles. The molecule has 31 heavy (non-hydrogen) atoms. The number of rotatable bonds is 8. The minimum atomic E-state index is -0.166. The van der Waals surface area contributed by atoms with Crippen LogP contribution >= 0.6 is 0 Å². The van der Waals surface area contributed by atoms with Crippen LogP contribution in [0.2, 0.25) is 0 Å². The summed E-state index contributed by atoms with van der Waals surface area (Å²) in [6.07, 6.45) is 3.16. The molecule has 1 aliphatic rings. The van der Waals surface area contributed by atoms with Crippen molar-refractivity contribution in [2.24, 2.45) is 0 Å². The van der Waals surface area contributed by atoms with E-state index in [9.17, 15) is 4.79 Å². The predicted molar refractivity (Wildman–Crippen MR) is 126 cm³/mol. The van der Waals surface area contributed by atoms with Gasteiger partial charge in [-0.3, -0.25) is 4.79 Å². The SMILES string of the molecule is Cc1ccc(C(CCC(=O)NC2CCOC(C)(C)C2)c2ccc(OC(C)C)cc2)cc1. The second kappa shape index (κ2) is 10.3. The number of aryl methyl sites for hydroxylation is 1. The highest BCUT2D eigenvalue weighted by Crippen LogP contribution is 2.31. The molecule has 2 aromatic carbocycles. The predicted octanol–water partition coefficient (Wildman–Crippen LogP) is 5.77. The Hall–Kier alpha value is -2.33. The molecular weight excluding hydrogens is 386 g/mol. The molecular formula is C27H37NO3. The van der Waals surface area contributed by atoms with Gasteiger partial charge in [0.15, 0.2) is 0 Å². The van der Waals surface area contributed by atoms with E-state index in [4.69, 9.17) is 9.47 Å². The van der Waals surface area contributed by atoms with E-state index >= 15 is 0 Å². The Balaban J connectivity index is 1.68. The van der Waals surface area contributed by atoms with E-state index in [1.165, 1.54) is 16.7 Å². The van der Waals surface area contributed by atoms with Gasteiger partial charge in [0.2, 0.25) is 5.91 Å². The molecule has 4 heteroatoms. The summed E-state index contributed by atoms with van der Waals surface area (Å²) in [6, 6.07) is 17.1. The molecule has 0 radical (unpaired) electrons. The smallest absolute Gasteiger partial charge is 0.220 e. The summed E-state index contributed by atoms with van der Waals surface area (Å²) in [5, 5.41) is 3.23. The van der Waals surface area contributed by atoms with E-state index in [-0.39, 0.29) is 29.6 Å². The fraction of sp³-hybridized carbons (Fsp3) is 0.519. The number of hydrogen-bond acceptors (Lipinski definition) is 3. The van der Waals surface area contributed by atoms with Gasteiger partial charge in [-0.15, -0.1) is 0 Å². The molecule has 1 saturated heterocycles. The van der Waals surface area contributed by atoms with Gasteiger partial charge < -0.3 is 14.8 Å². The molecule has 168 valence electrons. The fourth-order valence-electron chi connectivity index (χ4n) is 4.31. The van der Waals surface area contributed by atoms with Crippen LogP contribution in [0.1, 0.15) is 76.0 Å². The van der Waals surface area contributed by atoms with Crippen LogP contribution in [0.15, 0.2) is 48.5 Å². The van der Waals surface area contributed by atoms with Gasteiger partial charge in [0.05, 0.1) is 11.7 Å². The van der Waals surface area contributed by atoms with Crippen molar-refractivity contribution in [3.8, 4) is 5.75 Å². The van der Waals surface area contributed by atoms with E-state index < -0.39 is 0 Å². The lowest BCUT2D eigenvalue weighted by atomic mass is 9.87. The third-order valence-corrected chi connectivity index (χ3v) is 5.86. The number of carbonyl (C=O) groups excluding carboxylic acids is 1. The molecule has 1 heterocycles. The maximum absolute atomic E-state index is 12.7. The maximum Gasteiger partial charge on any atom is 0.220 e. The van der Waals surface area contributed by atoms with Crippen LogP contribution in [-0.2, 0) is 9.53 Å². The van der Waals surface area contributed by atoms with Gasteiger partial charge in [0.1, 0.15) is 5.75 Å². The Morgan fingerprint density at radius 3 is 2.29 bits per heavy atom. The van der Waals surface area contributed by atoms with Crippen molar-refractivity contribution in [1.29, 1.82) is 0 Å². The van der Waals surface area contributed by atoms with Gasteiger partial charge in [-0.25, -0.2) is 0 Å². The number of nitrogens with one attached hydrogen (secondary N) is 1. The van der Waals surface area contributed by atoms with E-state index in [0.29, 0.717) is 13.0 Å². The van der Waals surface area contributed by atoms with Crippen LogP contribution in [0.5, 0.6) is 5.75 Å². The maximum atomic E-state index is 12.7. The van der Waals surface area contributed by atoms with Crippen molar-refractivity contribution >= 4 is 5.91 Å². The summed E-state index contributed by atoms with van der Waals surface area (Å²) in [6.45, 7) is 11.0. The molecule has 2 atom stereocenters. The highest BCUT2D eigenvalue weighted by Gasteiger charge is 2.29. The van der Waals surface area contributed by atoms with Crippen molar-refractivity contribution < 1.29 is 14.3 Å². The van der Waals surface area contributed by atoms with Crippen molar-refractivity contribution in [2.75, 3.05) is 6.61 Å². The lowest BCUT2D eigenvalue weighted by Crippen LogP contribution is -2.45. The number of hydrogen-bond donors (Lipinski definition) is 1. The molecule has 0 bridgehead atoms. The average molecular weight is 424 g/mol. The molecule has 4 nitrogen and oxygen atoms in total. The van der Waals surface area contributed by atoms with Crippen LogP contribution in [0.4, 0.5) is 0 Å². The van der Waals surface area contributed by atoms with Crippen LogP contribution in [-0.4, -0.2) is 30.3 Å². The lowest BCUT2D eigenvalue weighted by Gasteiger charge is -2.35. The first-order valence-corrected chi connectivity index (χ1v) is 11.5. The molecule has 0 spiro atoms. The first kappa shape index (κ1) is 23.3. The molecule has 1 aliphatic heterocycles. The summed E-state index contributed by atoms with van der Waals surface area (Å²) in [5.41, 5.74) is 3.52. The lowest BCUT2D eigenvalue weighted by molar-refractivity contribution is -0.124. The monoisotopic (exact) mass is 423 g/mol. The second-order valence-electron chi connectivity index (χ2n) is 9.60. The van der Waals surface area contributed by atoms with E-state index in [1.54, 1.807) is 0 Å². The van der Waals surface area contributed by atoms with Gasteiger partial charge >= 0.3 is 0 Å². The van der Waals surface area contributed by atoms with Gasteiger partial charge in [0, 0.05) is 25.0 Å². The van der Waals surface area contributed by atoms with Crippen LogP contribution in [0.25, 0.3) is 0 Å². The van der Waals surface area contributed by atoms with Crippen molar-refractivity contribution in [3.05, 3.63) is 65.2 Å². The highest BCUT2D eigenvalue weighted by molar-refractivity contribution is 5.76. The number of benzene rings is 2. The molecule has 0 aliphatic carbocycles. The molecule has 0 saturated carbocycles. The fourth-order valence-corrected chi connectivity index (χ4v) is 4.31. The van der Waals surface area contributed by atoms with E-state index in [1.807, 2.05) is 26.0 Å². The average Bonchev–Trinajstić information content (AvgIpc) is 2.69. The molecule has 2 unspecified atom stereocenters. The van der Waals surface area contributed by atoms with Crippen molar-refractivity contribution in [2.45, 2.75) is 84.0 Å². The quantitative estimate of drug-likeness (QED) is 0.586. The van der Waals surface area contributed by atoms with E-state index in [0.717, 1.165) is 25.0 Å². The topological polar surface area (TPSA) is 47.6 Å². The van der Waals surface area contributed by atoms with Gasteiger partial charge in [0.25, 0.3) is 0 Å². The first-order valence-electron chi connectivity index (χ1n) is 11.5. The third-order valence-electron chi connectivity index (χ3n) is 5.86.